The molecule has 246 valence electrons. The first-order chi connectivity index (χ1) is 21.9. The molecule has 8 nitrogen and oxygen atoms in total. The summed E-state index contributed by atoms with van der Waals surface area (Å²) in [5.41, 5.74) is 5.47. The quantitative estimate of drug-likeness (QED) is 0.336. The minimum Gasteiger partial charge on any atom is -0.493 e. The highest BCUT2D eigenvalue weighted by atomic mass is 19.4. The van der Waals surface area contributed by atoms with Crippen molar-refractivity contribution >= 4 is 11.8 Å². The van der Waals surface area contributed by atoms with Crippen molar-refractivity contribution in [3.05, 3.63) is 89.0 Å². The van der Waals surface area contributed by atoms with Crippen molar-refractivity contribution in [1.82, 2.24) is 9.80 Å². The van der Waals surface area contributed by atoms with Crippen LogP contribution in [0.15, 0.2) is 66.7 Å². The van der Waals surface area contributed by atoms with E-state index in [0.29, 0.717) is 67.3 Å². The number of amides is 2. The Bertz CT molecular complexity index is 1540. The molecule has 0 bridgehead atoms. The summed E-state index contributed by atoms with van der Waals surface area (Å²) in [5, 5.41) is 0. The third kappa shape index (κ3) is 5.77. The first kappa shape index (κ1) is 33.1. The number of rotatable bonds is 9. The average molecular weight is 640 g/mol. The van der Waals surface area contributed by atoms with E-state index in [-0.39, 0.29) is 18.5 Å². The van der Waals surface area contributed by atoms with Gasteiger partial charge >= 0.3 is 6.18 Å². The van der Waals surface area contributed by atoms with Crippen LogP contribution in [0, 0.1) is 0 Å². The zero-order valence-corrected chi connectivity index (χ0v) is 26.5. The molecule has 5 rings (SSSR count). The highest BCUT2D eigenvalue weighted by Crippen LogP contribution is 2.49. The van der Waals surface area contributed by atoms with Crippen LogP contribution < -0.4 is 19.9 Å². The number of likely N-dealkylation sites (tertiary alicyclic amines) is 2. The van der Waals surface area contributed by atoms with Crippen LogP contribution in [0.5, 0.6) is 17.2 Å². The van der Waals surface area contributed by atoms with Gasteiger partial charge in [-0.15, -0.1) is 0 Å². The monoisotopic (exact) mass is 639 g/mol. The molecule has 0 aliphatic carbocycles. The summed E-state index contributed by atoms with van der Waals surface area (Å²) in [6.45, 7) is 3.80. The van der Waals surface area contributed by atoms with Gasteiger partial charge in [0.05, 0.1) is 32.3 Å². The van der Waals surface area contributed by atoms with Crippen molar-refractivity contribution in [3.63, 3.8) is 0 Å². The van der Waals surface area contributed by atoms with E-state index < -0.39 is 28.5 Å². The highest BCUT2D eigenvalue weighted by Gasteiger charge is 2.55. The maximum atomic E-state index is 14.1. The Morgan fingerprint density at radius 1 is 0.891 bits per heavy atom. The Morgan fingerprint density at radius 3 is 2.04 bits per heavy atom. The molecule has 11 heteroatoms. The Morgan fingerprint density at radius 2 is 1.52 bits per heavy atom. The number of benzene rings is 3. The summed E-state index contributed by atoms with van der Waals surface area (Å²) < 4.78 is 57.3. The maximum absolute atomic E-state index is 14.1. The molecule has 2 saturated heterocycles. The average Bonchev–Trinajstić information content (AvgIpc) is 3.53. The molecule has 2 heterocycles. The molecule has 3 atom stereocenters. The van der Waals surface area contributed by atoms with E-state index >= 15 is 0 Å². The molecule has 3 aromatic rings. The number of ether oxygens (including phenoxy) is 3. The van der Waals surface area contributed by atoms with Gasteiger partial charge in [-0.2, -0.15) is 13.2 Å². The number of nitrogens with two attached hydrogens (primary N) is 1. The van der Waals surface area contributed by atoms with Crippen LogP contribution in [0.2, 0.25) is 0 Å². The third-order valence-corrected chi connectivity index (χ3v) is 9.94. The van der Waals surface area contributed by atoms with Gasteiger partial charge in [0.1, 0.15) is 0 Å². The number of carbonyl (C=O) groups is 2. The molecule has 0 spiro atoms. The molecule has 2 amide bonds. The first-order valence-electron chi connectivity index (χ1n) is 15.3. The number of hydrogen-bond donors (Lipinski definition) is 1. The number of primary amides is 1. The zero-order chi connectivity index (χ0) is 33.3. The fraction of sp³-hybridized carbons (Fsp3) is 0.429. The summed E-state index contributed by atoms with van der Waals surface area (Å²) in [6.07, 6.45) is -3.16. The molecule has 0 aromatic heterocycles. The van der Waals surface area contributed by atoms with Gasteiger partial charge in [-0.25, -0.2) is 0 Å². The van der Waals surface area contributed by atoms with E-state index in [1.54, 1.807) is 17.0 Å². The number of likely N-dealkylation sites (N-methyl/N-ethyl adjacent to an activating group) is 1. The summed E-state index contributed by atoms with van der Waals surface area (Å²) in [5.74, 6) is 0.293. The first-order valence-corrected chi connectivity index (χ1v) is 15.3. The number of nitrogens with zero attached hydrogens (tertiary/aromatic N) is 2. The molecule has 0 radical (unpaired) electrons. The molecule has 2 aliphatic rings. The molecule has 46 heavy (non-hydrogen) atoms. The molecule has 2 N–H and O–H groups in total. The van der Waals surface area contributed by atoms with Gasteiger partial charge in [0.2, 0.25) is 11.7 Å². The molecule has 2 aliphatic heterocycles. The van der Waals surface area contributed by atoms with Gasteiger partial charge < -0.3 is 24.8 Å². The lowest BCUT2D eigenvalue weighted by molar-refractivity contribution is -0.137. The normalized spacial score (nSPS) is 23.6. The van der Waals surface area contributed by atoms with E-state index in [2.05, 4.69) is 4.90 Å². The van der Waals surface area contributed by atoms with Gasteiger partial charge in [0.15, 0.2) is 11.5 Å². The van der Waals surface area contributed by atoms with Gasteiger partial charge in [-0.3, -0.25) is 14.5 Å². The smallest absolute Gasteiger partial charge is 0.416 e. The highest BCUT2D eigenvalue weighted by molar-refractivity contribution is 5.96. The van der Waals surface area contributed by atoms with Crippen LogP contribution in [0.4, 0.5) is 13.2 Å². The minimum absolute atomic E-state index is 0.221. The summed E-state index contributed by atoms with van der Waals surface area (Å²) >= 11 is 0. The Kier molecular flexibility index (Phi) is 9.26. The van der Waals surface area contributed by atoms with Crippen LogP contribution in [-0.4, -0.2) is 75.2 Å². The van der Waals surface area contributed by atoms with Crippen LogP contribution in [0.1, 0.15) is 53.2 Å². The van der Waals surface area contributed by atoms with Gasteiger partial charge in [0.25, 0.3) is 5.91 Å². The van der Waals surface area contributed by atoms with Crippen molar-refractivity contribution in [2.45, 2.75) is 49.2 Å². The van der Waals surface area contributed by atoms with Gasteiger partial charge in [0, 0.05) is 30.1 Å². The van der Waals surface area contributed by atoms with Crippen molar-refractivity contribution < 1.29 is 37.0 Å². The fourth-order valence-electron chi connectivity index (χ4n) is 7.45. The molecular weight excluding hydrogens is 599 g/mol. The predicted octanol–water partition coefficient (Wildman–Crippen LogP) is 5.42. The van der Waals surface area contributed by atoms with Crippen LogP contribution in [0.3, 0.4) is 0 Å². The Hall–Kier alpha value is -4.25. The second-order valence-corrected chi connectivity index (χ2v) is 12.0. The van der Waals surface area contributed by atoms with E-state index in [0.717, 1.165) is 17.7 Å². The lowest BCUT2D eigenvalue weighted by Crippen LogP contribution is -2.61. The second kappa shape index (κ2) is 12.9. The Balaban J connectivity index is 1.61. The minimum atomic E-state index is -4.50. The SMILES string of the molecule is CCN1CCC(C(N)=O)(c2ccccc2)CC1C1(c2ccc(C(F)(F)F)cc2)CCN(C(=O)c2cc(OC)c(OC)c(OC)c2)C1. The van der Waals surface area contributed by atoms with E-state index in [9.17, 15) is 22.8 Å². The number of methoxy groups -OCH3 is 3. The largest absolute Gasteiger partial charge is 0.493 e. The Labute approximate surface area is 267 Å². The number of piperidine rings is 1. The van der Waals surface area contributed by atoms with Gasteiger partial charge in [-0.1, -0.05) is 49.4 Å². The molecule has 2 fully saturated rings. The summed E-state index contributed by atoms with van der Waals surface area (Å²) in [4.78, 5) is 31.4. The molecule has 3 aromatic carbocycles. The van der Waals surface area contributed by atoms with E-state index in [4.69, 9.17) is 19.9 Å². The van der Waals surface area contributed by atoms with Crippen LogP contribution in [-0.2, 0) is 21.8 Å². The van der Waals surface area contributed by atoms with Crippen molar-refractivity contribution in [3.8, 4) is 17.2 Å². The van der Waals surface area contributed by atoms with E-state index in [1.165, 1.54) is 33.5 Å². The van der Waals surface area contributed by atoms with Crippen LogP contribution in [0.25, 0.3) is 0 Å². The zero-order valence-electron chi connectivity index (χ0n) is 26.5. The summed E-state index contributed by atoms with van der Waals surface area (Å²) in [6, 6.07) is 17.5. The molecular formula is C35H40F3N3O5. The second-order valence-electron chi connectivity index (χ2n) is 12.0. The van der Waals surface area contributed by atoms with Gasteiger partial charge in [-0.05, 0) is 67.7 Å². The van der Waals surface area contributed by atoms with Crippen LogP contribution >= 0.6 is 0 Å². The molecule has 3 unspecified atom stereocenters. The number of hydrogen-bond acceptors (Lipinski definition) is 6. The van der Waals surface area contributed by atoms with E-state index in [1.807, 2.05) is 37.3 Å². The van der Waals surface area contributed by atoms with Crippen molar-refractivity contribution in [2.24, 2.45) is 5.73 Å². The third-order valence-electron chi connectivity index (χ3n) is 9.94. The fourth-order valence-corrected chi connectivity index (χ4v) is 7.45. The number of alkyl halides is 3. The van der Waals surface area contributed by atoms with Crippen molar-refractivity contribution in [1.29, 1.82) is 0 Å². The number of halogens is 3. The summed E-state index contributed by atoms with van der Waals surface area (Å²) in [7, 11) is 4.42. The lowest BCUT2D eigenvalue weighted by atomic mass is 9.61. The standard InChI is InChI=1S/C35H40F3N3O5/c1-5-40-17-15-33(32(39)43,24-9-7-6-8-10-24)21-29(40)34(25-11-13-26(14-12-25)35(36,37)38)16-18-41(22-34)31(42)23-19-27(44-2)30(46-4)28(20-23)45-3/h6-14,19-20,29H,5,15-18,21-22H2,1-4H3,(H2,39,43). The maximum Gasteiger partial charge on any atom is 0.416 e. The predicted molar refractivity (Wildman–Crippen MR) is 167 cm³/mol. The number of carbonyl (C=O) groups excluding carboxylic acids is 2. The lowest BCUT2D eigenvalue weighted by Gasteiger charge is -2.52. The topological polar surface area (TPSA) is 94.3 Å². The van der Waals surface area contributed by atoms with Crippen molar-refractivity contribution in [2.75, 3.05) is 47.5 Å². The molecule has 0 saturated carbocycles.